The summed E-state index contributed by atoms with van der Waals surface area (Å²) in [6, 6.07) is 7.95. The molecular weight excluding hydrogens is 316 g/mol. The molecule has 0 saturated carbocycles. The number of hydrogen-bond donors (Lipinski definition) is 1. The normalized spacial score (nSPS) is 22.0. The molecule has 0 unspecified atom stereocenters. The van der Waals surface area contributed by atoms with E-state index in [-0.39, 0.29) is 0 Å². The first-order valence-electron chi connectivity index (χ1n) is 9.59. The van der Waals surface area contributed by atoms with E-state index in [9.17, 15) is 5.11 Å². The lowest BCUT2D eigenvalue weighted by atomic mass is 9.96. The maximum atomic E-state index is 10.3. The van der Waals surface area contributed by atoms with Gasteiger partial charge >= 0.3 is 0 Å². The molecule has 0 spiro atoms. The molecule has 0 radical (unpaired) electrons. The second-order valence-electron chi connectivity index (χ2n) is 7.39. The fourth-order valence-electron chi connectivity index (χ4n) is 3.76. The van der Waals surface area contributed by atoms with Crippen molar-refractivity contribution in [1.29, 1.82) is 0 Å². The van der Waals surface area contributed by atoms with Gasteiger partial charge in [0.2, 0.25) is 0 Å². The Kier molecular flexibility index (Phi) is 7.11. The lowest BCUT2D eigenvalue weighted by molar-refractivity contribution is 0.0191. The highest BCUT2D eigenvalue weighted by Crippen LogP contribution is 2.20. The summed E-state index contributed by atoms with van der Waals surface area (Å²) < 4.78 is 11.2. The molecule has 0 bridgehead atoms. The molecule has 0 amide bonds. The number of β-amino-alcohol motifs (C(OH)–C–C–N with tert-alkyl or cyclic N) is 1. The van der Waals surface area contributed by atoms with E-state index in [1.807, 2.05) is 31.2 Å². The van der Waals surface area contributed by atoms with Crippen molar-refractivity contribution in [1.82, 2.24) is 9.80 Å². The Labute approximate surface area is 151 Å². The molecule has 0 aromatic heterocycles. The number of likely N-dealkylation sites (tertiary alicyclic amines) is 1. The van der Waals surface area contributed by atoms with Gasteiger partial charge in [0.1, 0.15) is 18.5 Å². The van der Waals surface area contributed by atoms with Crippen LogP contribution in [-0.2, 0) is 4.74 Å². The van der Waals surface area contributed by atoms with E-state index in [1.165, 1.54) is 19.4 Å². The lowest BCUT2D eigenvalue weighted by Crippen LogP contribution is -2.44. The Morgan fingerprint density at radius 1 is 1.12 bits per heavy atom. The average molecular weight is 348 g/mol. The van der Waals surface area contributed by atoms with E-state index in [1.54, 1.807) is 0 Å². The number of benzene rings is 1. The van der Waals surface area contributed by atoms with Gasteiger partial charge in [-0.15, -0.1) is 0 Å². The van der Waals surface area contributed by atoms with Gasteiger partial charge in [0.25, 0.3) is 0 Å². The number of rotatable bonds is 7. The quantitative estimate of drug-likeness (QED) is 0.814. The van der Waals surface area contributed by atoms with E-state index < -0.39 is 6.10 Å². The molecule has 5 nitrogen and oxygen atoms in total. The minimum absolute atomic E-state index is 0.360. The smallest absolute Gasteiger partial charge is 0.122 e. The zero-order valence-electron chi connectivity index (χ0n) is 15.4. The molecule has 1 N–H and O–H groups in total. The third kappa shape index (κ3) is 5.96. The van der Waals surface area contributed by atoms with Gasteiger partial charge in [-0.25, -0.2) is 0 Å². The largest absolute Gasteiger partial charge is 0.491 e. The summed E-state index contributed by atoms with van der Waals surface area (Å²) in [7, 11) is 0. The molecule has 2 saturated heterocycles. The van der Waals surface area contributed by atoms with Gasteiger partial charge in [-0.2, -0.15) is 0 Å². The van der Waals surface area contributed by atoms with E-state index in [0.717, 1.165) is 56.6 Å². The van der Waals surface area contributed by atoms with Gasteiger partial charge in [0, 0.05) is 26.2 Å². The summed E-state index contributed by atoms with van der Waals surface area (Å²) in [5.41, 5.74) is 1.11. The van der Waals surface area contributed by atoms with Crippen LogP contribution >= 0.6 is 0 Å². The SMILES string of the molecule is Cc1ccccc1OC[C@@H](O)CN1CCC(CN2CCOCC2)CC1. The van der Waals surface area contributed by atoms with Crippen LogP contribution in [0.5, 0.6) is 5.75 Å². The Balaban J connectivity index is 1.33. The molecular formula is C20H32N2O3. The number of piperidine rings is 1. The molecule has 1 aromatic rings. The maximum absolute atomic E-state index is 10.3. The first kappa shape index (κ1) is 18.6. The second kappa shape index (κ2) is 9.53. The Morgan fingerprint density at radius 3 is 2.56 bits per heavy atom. The van der Waals surface area contributed by atoms with Crippen molar-refractivity contribution >= 4 is 0 Å². The molecule has 140 valence electrons. The zero-order valence-corrected chi connectivity index (χ0v) is 15.4. The van der Waals surface area contributed by atoms with Crippen LogP contribution in [0.3, 0.4) is 0 Å². The predicted molar refractivity (Wildman–Crippen MR) is 99.1 cm³/mol. The Bertz CT molecular complexity index is 511. The van der Waals surface area contributed by atoms with Crippen LogP contribution in [0.1, 0.15) is 18.4 Å². The van der Waals surface area contributed by atoms with Gasteiger partial charge in [-0.3, -0.25) is 4.90 Å². The summed E-state index contributed by atoms with van der Waals surface area (Å²) in [6.45, 7) is 10.4. The first-order valence-corrected chi connectivity index (χ1v) is 9.59. The average Bonchev–Trinajstić information content (AvgIpc) is 2.64. The number of ether oxygens (including phenoxy) is 2. The third-order valence-electron chi connectivity index (χ3n) is 5.32. The third-order valence-corrected chi connectivity index (χ3v) is 5.32. The lowest BCUT2D eigenvalue weighted by Gasteiger charge is -2.36. The van der Waals surface area contributed by atoms with Crippen molar-refractivity contribution in [2.24, 2.45) is 5.92 Å². The summed E-state index contributed by atoms with van der Waals surface area (Å²) in [5, 5.41) is 10.3. The first-order chi connectivity index (χ1) is 12.2. The molecule has 25 heavy (non-hydrogen) atoms. The van der Waals surface area contributed by atoms with Crippen LogP contribution in [0.15, 0.2) is 24.3 Å². The van der Waals surface area contributed by atoms with E-state index in [2.05, 4.69) is 9.80 Å². The van der Waals surface area contributed by atoms with Crippen molar-refractivity contribution < 1.29 is 14.6 Å². The summed E-state index contributed by atoms with van der Waals surface area (Å²) in [4.78, 5) is 4.91. The van der Waals surface area contributed by atoms with Crippen LogP contribution in [0.4, 0.5) is 0 Å². The van der Waals surface area contributed by atoms with Gasteiger partial charge in [-0.1, -0.05) is 18.2 Å². The molecule has 2 fully saturated rings. The standard InChI is InChI=1S/C20H32N2O3/c1-17-4-2-3-5-20(17)25-16-19(23)15-21-8-6-18(7-9-21)14-22-10-12-24-13-11-22/h2-5,18-19,23H,6-16H2,1H3/t19-/m0/s1. The topological polar surface area (TPSA) is 45.2 Å². The monoisotopic (exact) mass is 348 g/mol. The number of nitrogens with zero attached hydrogens (tertiary/aromatic N) is 2. The highest BCUT2D eigenvalue weighted by molar-refractivity contribution is 5.31. The molecule has 3 rings (SSSR count). The van der Waals surface area contributed by atoms with E-state index in [4.69, 9.17) is 9.47 Å². The molecule has 2 aliphatic rings. The van der Waals surface area contributed by atoms with Gasteiger partial charge in [-0.05, 0) is 50.4 Å². The van der Waals surface area contributed by atoms with Crippen molar-refractivity contribution in [3.8, 4) is 5.75 Å². The number of aryl methyl sites for hydroxylation is 1. The van der Waals surface area contributed by atoms with Crippen molar-refractivity contribution in [3.63, 3.8) is 0 Å². The zero-order chi connectivity index (χ0) is 17.5. The number of morpholine rings is 1. The molecule has 1 atom stereocenters. The molecule has 2 aliphatic heterocycles. The maximum Gasteiger partial charge on any atom is 0.122 e. The van der Waals surface area contributed by atoms with Crippen LogP contribution in [0.25, 0.3) is 0 Å². The summed E-state index contributed by atoms with van der Waals surface area (Å²) >= 11 is 0. The van der Waals surface area contributed by atoms with Crippen LogP contribution < -0.4 is 4.74 Å². The summed E-state index contributed by atoms with van der Waals surface area (Å²) in [6.07, 6.45) is 2.02. The van der Waals surface area contributed by atoms with Crippen LogP contribution in [-0.4, -0.2) is 80.1 Å². The van der Waals surface area contributed by atoms with Crippen molar-refractivity contribution in [2.75, 3.05) is 59.1 Å². The van der Waals surface area contributed by atoms with E-state index >= 15 is 0 Å². The molecule has 0 aliphatic carbocycles. The highest BCUT2D eigenvalue weighted by atomic mass is 16.5. The molecule has 2 heterocycles. The fraction of sp³-hybridized carbons (Fsp3) is 0.700. The predicted octanol–water partition coefficient (Wildman–Crippen LogP) is 1.78. The fourth-order valence-corrected chi connectivity index (χ4v) is 3.76. The molecule has 1 aromatic carbocycles. The van der Waals surface area contributed by atoms with Gasteiger partial charge < -0.3 is 19.5 Å². The minimum atomic E-state index is -0.435. The van der Waals surface area contributed by atoms with Crippen molar-refractivity contribution in [3.05, 3.63) is 29.8 Å². The number of hydrogen-bond acceptors (Lipinski definition) is 5. The van der Waals surface area contributed by atoms with Crippen LogP contribution in [0, 0.1) is 12.8 Å². The van der Waals surface area contributed by atoms with Gasteiger partial charge in [0.15, 0.2) is 0 Å². The van der Waals surface area contributed by atoms with Crippen molar-refractivity contribution in [2.45, 2.75) is 25.9 Å². The number of aliphatic hydroxyl groups excluding tert-OH is 1. The minimum Gasteiger partial charge on any atom is -0.491 e. The number of aliphatic hydroxyl groups is 1. The van der Waals surface area contributed by atoms with Gasteiger partial charge in [0.05, 0.1) is 13.2 Å². The Morgan fingerprint density at radius 2 is 1.84 bits per heavy atom. The number of para-hydroxylation sites is 1. The second-order valence-corrected chi connectivity index (χ2v) is 7.39. The highest BCUT2D eigenvalue weighted by Gasteiger charge is 2.23. The summed E-state index contributed by atoms with van der Waals surface area (Å²) in [5.74, 6) is 1.65. The molecule has 5 heteroatoms. The van der Waals surface area contributed by atoms with E-state index in [0.29, 0.717) is 13.2 Å². The Hall–Kier alpha value is -1.14. The van der Waals surface area contributed by atoms with Crippen LogP contribution in [0.2, 0.25) is 0 Å².